The first-order valence-corrected chi connectivity index (χ1v) is 12.5. The van der Waals surface area contributed by atoms with E-state index in [1.54, 1.807) is 25.4 Å². The number of ether oxygens (including phenoxy) is 5. The minimum atomic E-state index is 0.0799. The zero-order valence-electron chi connectivity index (χ0n) is 21.0. The molecule has 9 nitrogen and oxygen atoms in total. The molecule has 0 bridgehead atoms. The lowest BCUT2D eigenvalue weighted by molar-refractivity contribution is -0.117. The smallest absolute Gasteiger partial charge is 0.236 e. The number of carbonyl (C=O) groups excluding carboxylic acids is 1. The van der Waals surface area contributed by atoms with Crippen LogP contribution in [0, 0.1) is 6.92 Å². The second kappa shape index (κ2) is 11.6. The summed E-state index contributed by atoms with van der Waals surface area (Å²) in [5.41, 5.74) is 3.24. The van der Waals surface area contributed by atoms with Gasteiger partial charge in [0.2, 0.25) is 17.5 Å². The van der Waals surface area contributed by atoms with Crippen molar-refractivity contribution in [3.63, 3.8) is 0 Å². The van der Waals surface area contributed by atoms with Gasteiger partial charge in [0, 0.05) is 43.3 Å². The molecule has 3 heterocycles. The van der Waals surface area contributed by atoms with E-state index in [0.29, 0.717) is 71.9 Å². The number of benzene rings is 2. The van der Waals surface area contributed by atoms with Crippen molar-refractivity contribution in [1.29, 1.82) is 0 Å². The van der Waals surface area contributed by atoms with E-state index >= 15 is 0 Å². The summed E-state index contributed by atoms with van der Waals surface area (Å²) in [4.78, 5) is 25.7. The average molecular weight is 536 g/mol. The van der Waals surface area contributed by atoms with Gasteiger partial charge in [-0.3, -0.25) is 4.79 Å². The summed E-state index contributed by atoms with van der Waals surface area (Å²) >= 11 is 6.08. The zero-order valence-corrected chi connectivity index (χ0v) is 21.8. The summed E-state index contributed by atoms with van der Waals surface area (Å²) in [6.07, 6.45) is 3.61. The standard InChI is InChI=1S/C28H26ClN3O6/c1-17-11-18(3-5-21(17)29)12-20(33)13-19-4-6-24(30-15-19)38-28-25-22(31-16-32-28)14-23(35-8-7-34-2)26-27(25)37-10-9-36-26/h3-6,11,14-16H,7-10,12-13H2,1-2H3. The van der Waals surface area contributed by atoms with Gasteiger partial charge in [0.1, 0.15) is 37.3 Å². The molecule has 38 heavy (non-hydrogen) atoms. The normalized spacial score (nSPS) is 12.4. The van der Waals surface area contributed by atoms with Crippen LogP contribution in [0.3, 0.4) is 0 Å². The predicted molar refractivity (Wildman–Crippen MR) is 141 cm³/mol. The van der Waals surface area contributed by atoms with Crippen LogP contribution < -0.4 is 18.9 Å². The number of rotatable bonds is 10. The summed E-state index contributed by atoms with van der Waals surface area (Å²) in [6, 6.07) is 10.9. The Hall–Kier alpha value is -3.95. The van der Waals surface area contributed by atoms with E-state index in [2.05, 4.69) is 15.0 Å². The van der Waals surface area contributed by atoms with Gasteiger partial charge in [-0.2, -0.15) is 0 Å². The fraction of sp³-hybridized carbons (Fsp3) is 0.286. The monoisotopic (exact) mass is 535 g/mol. The predicted octanol–water partition coefficient (Wildman–Crippen LogP) is 4.93. The molecule has 2 aromatic heterocycles. The van der Waals surface area contributed by atoms with Gasteiger partial charge in [0.25, 0.3) is 0 Å². The van der Waals surface area contributed by atoms with Gasteiger partial charge in [-0.05, 0) is 29.7 Å². The molecule has 10 heteroatoms. The van der Waals surface area contributed by atoms with Crippen LogP contribution in [-0.2, 0) is 22.4 Å². The highest BCUT2D eigenvalue weighted by Crippen LogP contribution is 2.47. The second-order valence-corrected chi connectivity index (χ2v) is 9.13. The number of carbonyl (C=O) groups is 1. The van der Waals surface area contributed by atoms with E-state index in [0.717, 1.165) is 16.7 Å². The third kappa shape index (κ3) is 5.79. The first-order chi connectivity index (χ1) is 18.5. The van der Waals surface area contributed by atoms with Gasteiger partial charge in [-0.25, -0.2) is 15.0 Å². The van der Waals surface area contributed by atoms with Crippen LogP contribution in [0.4, 0.5) is 0 Å². The molecule has 0 saturated heterocycles. The fourth-order valence-electron chi connectivity index (χ4n) is 4.11. The molecule has 0 unspecified atom stereocenters. The van der Waals surface area contributed by atoms with Crippen molar-refractivity contribution in [2.45, 2.75) is 19.8 Å². The molecule has 0 aliphatic carbocycles. The topological polar surface area (TPSA) is 102 Å². The van der Waals surface area contributed by atoms with Crippen molar-refractivity contribution in [1.82, 2.24) is 15.0 Å². The molecule has 0 radical (unpaired) electrons. The number of hydrogen-bond donors (Lipinski definition) is 0. The number of hydrogen-bond acceptors (Lipinski definition) is 9. The Balaban J connectivity index is 1.33. The SMILES string of the molecule is COCCOc1cc2ncnc(Oc3ccc(CC(=O)Cc4ccc(Cl)c(C)c4)cn3)c2c2c1OCCO2. The first-order valence-electron chi connectivity index (χ1n) is 12.1. The van der Waals surface area contributed by atoms with E-state index in [4.69, 9.17) is 35.3 Å². The van der Waals surface area contributed by atoms with Gasteiger partial charge in [-0.15, -0.1) is 0 Å². The lowest BCUT2D eigenvalue weighted by Crippen LogP contribution is -2.17. The number of pyridine rings is 1. The van der Waals surface area contributed by atoms with Crippen LogP contribution in [0.15, 0.2) is 48.9 Å². The van der Waals surface area contributed by atoms with Crippen molar-refractivity contribution in [2.24, 2.45) is 0 Å². The maximum atomic E-state index is 12.6. The van der Waals surface area contributed by atoms with Crippen molar-refractivity contribution < 1.29 is 28.5 Å². The minimum absolute atomic E-state index is 0.0799. The van der Waals surface area contributed by atoms with Crippen LogP contribution in [0.2, 0.25) is 5.02 Å². The van der Waals surface area contributed by atoms with E-state index in [1.807, 2.05) is 31.2 Å². The molecular formula is C28H26ClN3O6. The summed E-state index contributed by atoms with van der Waals surface area (Å²) in [6.45, 7) is 3.46. The Morgan fingerprint density at radius 3 is 2.53 bits per heavy atom. The number of ketones is 1. The number of aromatic nitrogens is 3. The Labute approximate surface area is 224 Å². The molecular weight excluding hydrogens is 510 g/mol. The molecule has 0 atom stereocenters. The van der Waals surface area contributed by atoms with Crippen LogP contribution in [0.1, 0.15) is 16.7 Å². The second-order valence-electron chi connectivity index (χ2n) is 8.73. The lowest BCUT2D eigenvalue weighted by Gasteiger charge is -2.23. The molecule has 1 aliphatic rings. The molecule has 5 rings (SSSR count). The van der Waals surface area contributed by atoms with E-state index in [-0.39, 0.29) is 18.1 Å². The highest BCUT2D eigenvalue weighted by atomic mass is 35.5. The lowest BCUT2D eigenvalue weighted by atomic mass is 10.0. The average Bonchev–Trinajstić information content (AvgIpc) is 2.92. The third-order valence-corrected chi connectivity index (χ3v) is 6.34. The largest absolute Gasteiger partial charge is 0.487 e. The van der Waals surface area contributed by atoms with Crippen molar-refractivity contribution in [2.75, 3.05) is 33.5 Å². The Morgan fingerprint density at radius 2 is 1.76 bits per heavy atom. The van der Waals surface area contributed by atoms with Gasteiger partial charge in [0.15, 0.2) is 11.5 Å². The number of halogens is 1. The number of aryl methyl sites for hydroxylation is 1. The maximum absolute atomic E-state index is 12.6. The fourth-order valence-corrected chi connectivity index (χ4v) is 4.23. The highest BCUT2D eigenvalue weighted by Gasteiger charge is 2.25. The van der Waals surface area contributed by atoms with E-state index < -0.39 is 0 Å². The van der Waals surface area contributed by atoms with Crippen LogP contribution in [-0.4, -0.2) is 54.3 Å². The molecule has 0 fully saturated rings. The first kappa shape index (κ1) is 25.7. The number of Topliss-reactive ketones (excluding diaryl/α,β-unsaturated/α-hetero) is 1. The molecule has 0 N–H and O–H groups in total. The minimum Gasteiger partial charge on any atom is -0.487 e. The maximum Gasteiger partial charge on any atom is 0.236 e. The van der Waals surface area contributed by atoms with Gasteiger partial charge < -0.3 is 23.7 Å². The Kier molecular flexibility index (Phi) is 7.86. The van der Waals surface area contributed by atoms with E-state index in [9.17, 15) is 4.79 Å². The summed E-state index contributed by atoms with van der Waals surface area (Å²) < 4.78 is 28.7. The Bertz CT molecular complexity index is 1460. The highest BCUT2D eigenvalue weighted by molar-refractivity contribution is 6.31. The van der Waals surface area contributed by atoms with Crippen LogP contribution in [0.25, 0.3) is 10.9 Å². The number of fused-ring (bicyclic) bond motifs is 3. The summed E-state index contributed by atoms with van der Waals surface area (Å²) in [5, 5.41) is 1.24. The van der Waals surface area contributed by atoms with Crippen LogP contribution in [0.5, 0.6) is 29.0 Å². The number of nitrogens with zero attached hydrogens (tertiary/aromatic N) is 3. The quantitative estimate of drug-likeness (QED) is 0.261. The van der Waals surface area contributed by atoms with Gasteiger partial charge in [-0.1, -0.05) is 29.8 Å². The van der Waals surface area contributed by atoms with Gasteiger partial charge in [0.05, 0.1) is 12.1 Å². The molecule has 4 aromatic rings. The van der Waals surface area contributed by atoms with E-state index in [1.165, 1.54) is 6.33 Å². The van der Waals surface area contributed by atoms with Gasteiger partial charge >= 0.3 is 0 Å². The van der Waals surface area contributed by atoms with Crippen molar-refractivity contribution in [3.8, 4) is 29.0 Å². The zero-order chi connectivity index (χ0) is 26.5. The molecule has 1 aliphatic heterocycles. The molecule has 196 valence electrons. The third-order valence-electron chi connectivity index (χ3n) is 5.91. The summed E-state index contributed by atoms with van der Waals surface area (Å²) in [5.74, 6) is 2.11. The van der Waals surface area contributed by atoms with Crippen LogP contribution >= 0.6 is 11.6 Å². The number of methoxy groups -OCH3 is 1. The molecule has 2 aromatic carbocycles. The molecule has 0 amide bonds. The molecule has 0 saturated carbocycles. The Morgan fingerprint density at radius 1 is 0.974 bits per heavy atom. The van der Waals surface area contributed by atoms with Crippen molar-refractivity contribution in [3.05, 3.63) is 70.6 Å². The molecule has 0 spiro atoms. The summed E-state index contributed by atoms with van der Waals surface area (Å²) in [7, 11) is 1.61. The van der Waals surface area contributed by atoms with Crippen molar-refractivity contribution >= 4 is 28.3 Å².